The smallest absolute Gasteiger partial charge is 0.275 e. The van der Waals surface area contributed by atoms with Crippen LogP contribution < -0.4 is 15.5 Å². The highest BCUT2D eigenvalue weighted by molar-refractivity contribution is 7.07. The third-order valence-electron chi connectivity index (χ3n) is 3.54. The van der Waals surface area contributed by atoms with Crippen molar-refractivity contribution >= 4 is 40.4 Å². The third-order valence-corrected chi connectivity index (χ3v) is 4.68. The van der Waals surface area contributed by atoms with E-state index in [0.717, 1.165) is 17.0 Å². The Balaban J connectivity index is 1.74. The van der Waals surface area contributed by atoms with Crippen molar-refractivity contribution in [2.75, 3.05) is 25.5 Å². The van der Waals surface area contributed by atoms with E-state index in [-0.39, 0.29) is 18.4 Å². The maximum absolute atomic E-state index is 11.9. The molecule has 128 valence electrons. The minimum Gasteiger partial charge on any atom is -0.342 e. The molecule has 0 aliphatic heterocycles. The van der Waals surface area contributed by atoms with Gasteiger partial charge >= 0.3 is 0 Å². The van der Waals surface area contributed by atoms with Gasteiger partial charge in [-0.15, -0.1) is 0 Å². The fourth-order valence-corrected chi connectivity index (χ4v) is 3.10. The van der Waals surface area contributed by atoms with Crippen molar-refractivity contribution in [3.63, 3.8) is 0 Å². The van der Waals surface area contributed by atoms with Crippen molar-refractivity contribution in [3.8, 4) is 0 Å². The molecule has 7 heteroatoms. The summed E-state index contributed by atoms with van der Waals surface area (Å²) in [5.41, 5.74) is 2.67. The van der Waals surface area contributed by atoms with E-state index in [1.165, 1.54) is 5.56 Å². The Morgan fingerprint density at radius 3 is 2.75 bits per heavy atom. The average molecular weight is 367 g/mol. The van der Waals surface area contributed by atoms with Crippen LogP contribution in [0.2, 0.25) is 5.02 Å². The summed E-state index contributed by atoms with van der Waals surface area (Å²) in [5.74, 6) is -0.426. The van der Waals surface area contributed by atoms with Crippen LogP contribution in [-0.2, 0) is 16.1 Å². The van der Waals surface area contributed by atoms with Gasteiger partial charge in [0.2, 0.25) is 5.91 Å². The second-order valence-corrected chi connectivity index (χ2v) is 6.87. The van der Waals surface area contributed by atoms with E-state index in [0.29, 0.717) is 17.3 Å². The number of likely N-dealkylation sites (N-methyl/N-ethyl adjacent to an activating group) is 1. The van der Waals surface area contributed by atoms with E-state index >= 15 is 0 Å². The van der Waals surface area contributed by atoms with E-state index in [4.69, 9.17) is 11.6 Å². The molecule has 0 spiro atoms. The normalized spacial score (nSPS) is 11.8. The Kier molecular flexibility index (Phi) is 6.78. The van der Waals surface area contributed by atoms with Crippen LogP contribution in [0.25, 0.3) is 0 Å². The second-order valence-electron chi connectivity index (χ2n) is 5.68. The highest BCUT2D eigenvalue weighted by atomic mass is 35.5. The Labute approximate surface area is 150 Å². The number of rotatable bonds is 7. The molecule has 0 fully saturated rings. The van der Waals surface area contributed by atoms with Gasteiger partial charge in [-0.1, -0.05) is 17.7 Å². The van der Waals surface area contributed by atoms with E-state index < -0.39 is 0 Å². The third kappa shape index (κ3) is 5.63. The maximum atomic E-state index is 11.9. The number of carbonyl (C=O) groups is 2. The van der Waals surface area contributed by atoms with E-state index in [9.17, 15) is 9.59 Å². The summed E-state index contributed by atoms with van der Waals surface area (Å²) in [4.78, 5) is 24.9. The summed E-state index contributed by atoms with van der Waals surface area (Å²) >= 11 is 7.66. The van der Waals surface area contributed by atoms with Gasteiger partial charge in [-0.3, -0.25) is 9.59 Å². The van der Waals surface area contributed by atoms with Crippen molar-refractivity contribution in [1.82, 2.24) is 5.32 Å². The van der Waals surface area contributed by atoms with Gasteiger partial charge in [0, 0.05) is 16.3 Å². The number of anilines is 1. The number of quaternary nitrogens is 1. The zero-order valence-electron chi connectivity index (χ0n) is 13.7. The zero-order chi connectivity index (χ0) is 17.5. The number of hydrogen-bond donors (Lipinski definition) is 3. The highest BCUT2D eigenvalue weighted by Crippen LogP contribution is 2.22. The Bertz CT molecular complexity index is 704. The predicted octanol–water partition coefficient (Wildman–Crippen LogP) is 1.48. The molecule has 0 aliphatic carbocycles. The Hall–Kier alpha value is -1.89. The molecule has 1 heterocycles. The van der Waals surface area contributed by atoms with Crippen LogP contribution in [0.15, 0.2) is 35.0 Å². The molecule has 0 bridgehead atoms. The molecule has 1 aromatic carbocycles. The second kappa shape index (κ2) is 8.82. The number of nitrogens with one attached hydrogen (secondary N) is 3. The standard InChI is InChI=1S/C17H20ClN3O2S/c1-12-14(18)4-3-5-15(12)20-16(22)8-19-17(23)10-21(2)9-13-6-7-24-11-13/h3-7,11H,8-10H2,1-2H3,(H,19,23)(H,20,22)/p+1. The molecule has 1 aromatic heterocycles. The first-order chi connectivity index (χ1) is 11.5. The van der Waals surface area contributed by atoms with Crippen molar-refractivity contribution < 1.29 is 14.5 Å². The molecule has 0 radical (unpaired) electrons. The van der Waals surface area contributed by atoms with E-state index in [2.05, 4.69) is 16.0 Å². The molecule has 2 rings (SSSR count). The van der Waals surface area contributed by atoms with Crippen molar-refractivity contribution in [3.05, 3.63) is 51.2 Å². The maximum Gasteiger partial charge on any atom is 0.275 e. The number of thiophene rings is 1. The number of halogens is 1. The van der Waals surface area contributed by atoms with Crippen LogP contribution in [0.4, 0.5) is 5.69 Å². The summed E-state index contributed by atoms with van der Waals surface area (Å²) < 4.78 is 0. The lowest BCUT2D eigenvalue weighted by Crippen LogP contribution is -3.08. The van der Waals surface area contributed by atoms with Gasteiger partial charge in [0.15, 0.2) is 6.54 Å². The van der Waals surface area contributed by atoms with Crippen molar-refractivity contribution in [2.24, 2.45) is 0 Å². The molecule has 0 saturated carbocycles. The number of amides is 2. The van der Waals surface area contributed by atoms with E-state index in [1.807, 2.05) is 25.4 Å². The lowest BCUT2D eigenvalue weighted by Gasteiger charge is -2.13. The van der Waals surface area contributed by atoms with Crippen LogP contribution in [-0.4, -0.2) is 32.0 Å². The van der Waals surface area contributed by atoms with Crippen LogP contribution in [0.3, 0.4) is 0 Å². The zero-order valence-corrected chi connectivity index (χ0v) is 15.3. The van der Waals surface area contributed by atoms with E-state index in [1.54, 1.807) is 29.5 Å². The minimum atomic E-state index is -0.274. The molecule has 5 nitrogen and oxygen atoms in total. The van der Waals surface area contributed by atoms with Gasteiger partial charge in [0.25, 0.3) is 5.91 Å². The first-order valence-electron chi connectivity index (χ1n) is 7.59. The van der Waals surface area contributed by atoms with Crippen molar-refractivity contribution in [1.29, 1.82) is 0 Å². The van der Waals surface area contributed by atoms with Crippen molar-refractivity contribution in [2.45, 2.75) is 13.5 Å². The summed E-state index contributed by atoms with van der Waals surface area (Å²) in [6, 6.07) is 7.36. The number of benzene rings is 1. The summed E-state index contributed by atoms with van der Waals surface area (Å²) in [5, 5.41) is 10.1. The predicted molar refractivity (Wildman–Crippen MR) is 97.6 cm³/mol. The lowest BCUT2D eigenvalue weighted by molar-refractivity contribution is -0.885. The number of carbonyl (C=O) groups excluding carboxylic acids is 2. The molecule has 0 saturated heterocycles. The van der Waals surface area contributed by atoms with Gasteiger partial charge in [-0.25, -0.2) is 0 Å². The minimum absolute atomic E-state index is 0.0590. The molecule has 24 heavy (non-hydrogen) atoms. The largest absolute Gasteiger partial charge is 0.342 e. The van der Waals surface area contributed by atoms with Gasteiger partial charge < -0.3 is 15.5 Å². The quantitative estimate of drug-likeness (QED) is 0.695. The molecule has 3 N–H and O–H groups in total. The summed E-state index contributed by atoms with van der Waals surface area (Å²) in [7, 11) is 1.95. The van der Waals surface area contributed by atoms with Gasteiger partial charge in [-0.05, 0) is 41.4 Å². The van der Waals surface area contributed by atoms with Crippen LogP contribution in [0, 0.1) is 6.92 Å². The molecule has 2 amide bonds. The van der Waals surface area contributed by atoms with Gasteiger partial charge in [0.05, 0.1) is 13.6 Å². The van der Waals surface area contributed by atoms with Crippen LogP contribution in [0.1, 0.15) is 11.1 Å². The Morgan fingerprint density at radius 1 is 1.25 bits per heavy atom. The fraction of sp³-hybridized carbons (Fsp3) is 0.294. The highest BCUT2D eigenvalue weighted by Gasteiger charge is 2.13. The molecule has 0 aliphatic rings. The van der Waals surface area contributed by atoms with Crippen LogP contribution in [0.5, 0.6) is 0 Å². The monoisotopic (exact) mass is 366 g/mol. The number of hydrogen-bond acceptors (Lipinski definition) is 3. The van der Waals surface area contributed by atoms with Crippen LogP contribution >= 0.6 is 22.9 Å². The molecular weight excluding hydrogens is 346 g/mol. The average Bonchev–Trinajstić information content (AvgIpc) is 3.02. The Morgan fingerprint density at radius 2 is 2.04 bits per heavy atom. The molecular formula is C17H21ClN3O2S+. The molecule has 2 aromatic rings. The van der Waals surface area contributed by atoms with Gasteiger partial charge in [-0.2, -0.15) is 11.3 Å². The fourth-order valence-electron chi connectivity index (χ4n) is 2.26. The first-order valence-corrected chi connectivity index (χ1v) is 8.92. The lowest BCUT2D eigenvalue weighted by atomic mass is 10.2. The molecule has 1 atom stereocenters. The SMILES string of the molecule is Cc1c(Cl)cccc1NC(=O)CNC(=O)C[NH+](C)Cc1ccsc1. The molecule has 1 unspecified atom stereocenters. The van der Waals surface area contributed by atoms with Gasteiger partial charge in [0.1, 0.15) is 6.54 Å². The summed E-state index contributed by atoms with van der Waals surface area (Å²) in [6.07, 6.45) is 0. The summed E-state index contributed by atoms with van der Waals surface area (Å²) in [6.45, 7) is 2.87. The first kappa shape index (κ1) is 18.4. The topological polar surface area (TPSA) is 62.6 Å².